The van der Waals surface area contributed by atoms with Gasteiger partial charge in [0.05, 0.1) is 0 Å². The Morgan fingerprint density at radius 3 is 2.27 bits per heavy atom. The Morgan fingerprint density at radius 2 is 1.82 bits per heavy atom. The number of carbonyl (C=O) groups is 1. The Hall–Kier alpha value is -1.55. The lowest BCUT2D eigenvalue weighted by molar-refractivity contribution is 0.0516. The van der Waals surface area contributed by atoms with E-state index in [1.54, 1.807) is 0 Å². The molecule has 1 aromatic rings. The van der Waals surface area contributed by atoms with Crippen LogP contribution in [0, 0.1) is 0 Å². The van der Waals surface area contributed by atoms with Gasteiger partial charge in [-0.15, -0.1) is 0 Å². The third-order valence-corrected chi connectivity index (χ3v) is 4.13. The average Bonchev–Trinajstić information content (AvgIpc) is 3.28. The lowest BCUT2D eigenvalue weighted by Gasteiger charge is -2.30. The number of nitrogens with two attached hydrogens (primary N) is 1. The number of alkyl carbamates (subject to hydrolysis) is 1. The van der Waals surface area contributed by atoms with Crippen LogP contribution in [-0.4, -0.2) is 24.8 Å². The molecule has 0 heterocycles. The van der Waals surface area contributed by atoms with E-state index in [0.29, 0.717) is 13.1 Å². The number of ether oxygens (including phenoxy) is 1. The molecule has 1 aliphatic carbocycles. The fourth-order valence-corrected chi connectivity index (χ4v) is 2.45. The van der Waals surface area contributed by atoms with Crippen molar-refractivity contribution < 1.29 is 9.53 Å². The maximum atomic E-state index is 11.8. The van der Waals surface area contributed by atoms with E-state index in [0.717, 1.165) is 11.5 Å². The molecular formula is C18H28N2O2. The highest BCUT2D eigenvalue weighted by Gasteiger charge is 2.28. The van der Waals surface area contributed by atoms with Gasteiger partial charge in [0, 0.05) is 18.5 Å². The molecule has 2 rings (SSSR count). The summed E-state index contributed by atoms with van der Waals surface area (Å²) in [6.45, 7) is 8.55. The molecule has 1 fully saturated rings. The van der Waals surface area contributed by atoms with Gasteiger partial charge >= 0.3 is 6.09 Å². The van der Waals surface area contributed by atoms with Crippen LogP contribution in [-0.2, 0) is 10.2 Å². The van der Waals surface area contributed by atoms with Gasteiger partial charge < -0.3 is 15.8 Å². The summed E-state index contributed by atoms with van der Waals surface area (Å²) in [7, 11) is 0. The van der Waals surface area contributed by atoms with Crippen LogP contribution in [0.4, 0.5) is 4.79 Å². The van der Waals surface area contributed by atoms with Gasteiger partial charge in [-0.3, -0.25) is 0 Å². The predicted octanol–water partition coefficient (Wildman–Crippen LogP) is 3.31. The van der Waals surface area contributed by atoms with Gasteiger partial charge in [0.1, 0.15) is 5.60 Å². The molecule has 1 amide bonds. The monoisotopic (exact) mass is 304 g/mol. The first-order chi connectivity index (χ1) is 10.2. The van der Waals surface area contributed by atoms with E-state index in [4.69, 9.17) is 10.5 Å². The topological polar surface area (TPSA) is 64.3 Å². The summed E-state index contributed by atoms with van der Waals surface area (Å²) in [5.74, 6) is 0.748. The highest BCUT2D eigenvalue weighted by molar-refractivity contribution is 5.67. The molecule has 0 radical (unpaired) electrons. The summed E-state index contributed by atoms with van der Waals surface area (Å²) in [6, 6.07) is 8.65. The molecule has 0 spiro atoms. The largest absolute Gasteiger partial charge is 0.444 e. The van der Waals surface area contributed by atoms with Crippen molar-refractivity contribution >= 4 is 6.09 Å². The summed E-state index contributed by atoms with van der Waals surface area (Å²) in [5.41, 5.74) is 7.74. The molecule has 0 bridgehead atoms. The highest BCUT2D eigenvalue weighted by atomic mass is 16.6. The van der Waals surface area contributed by atoms with Crippen molar-refractivity contribution in [3.05, 3.63) is 35.4 Å². The van der Waals surface area contributed by atoms with E-state index >= 15 is 0 Å². The zero-order chi connectivity index (χ0) is 16.4. The molecule has 4 heteroatoms. The van der Waals surface area contributed by atoms with E-state index in [9.17, 15) is 4.79 Å². The molecule has 1 aromatic carbocycles. The first-order valence-electron chi connectivity index (χ1n) is 8.01. The Kier molecular flexibility index (Phi) is 4.81. The molecule has 1 atom stereocenters. The van der Waals surface area contributed by atoms with Crippen molar-refractivity contribution in [2.45, 2.75) is 57.5 Å². The zero-order valence-corrected chi connectivity index (χ0v) is 14.1. The van der Waals surface area contributed by atoms with Crippen LogP contribution in [0.5, 0.6) is 0 Å². The van der Waals surface area contributed by atoms with Crippen LogP contribution in [0.1, 0.15) is 57.6 Å². The second kappa shape index (κ2) is 6.29. The number of benzene rings is 1. The Balaban J connectivity index is 1.99. The number of hydrogen-bond acceptors (Lipinski definition) is 3. The molecule has 122 valence electrons. The first-order valence-corrected chi connectivity index (χ1v) is 8.01. The molecule has 4 nitrogen and oxygen atoms in total. The lowest BCUT2D eigenvalue weighted by atomic mass is 9.82. The summed E-state index contributed by atoms with van der Waals surface area (Å²) >= 11 is 0. The van der Waals surface area contributed by atoms with Crippen LogP contribution < -0.4 is 11.1 Å². The van der Waals surface area contributed by atoms with Crippen LogP contribution in [0.3, 0.4) is 0 Å². The molecule has 0 aromatic heterocycles. The Labute approximate surface area is 133 Å². The number of carbonyl (C=O) groups excluding carboxylic acids is 1. The highest BCUT2D eigenvalue weighted by Crippen LogP contribution is 2.40. The molecule has 22 heavy (non-hydrogen) atoms. The van der Waals surface area contributed by atoms with Crippen LogP contribution in [0.25, 0.3) is 0 Å². The quantitative estimate of drug-likeness (QED) is 0.877. The summed E-state index contributed by atoms with van der Waals surface area (Å²) in [5, 5.41) is 2.84. The first kappa shape index (κ1) is 16.8. The minimum atomic E-state index is -0.491. The fourth-order valence-electron chi connectivity index (χ4n) is 2.45. The van der Waals surface area contributed by atoms with Crippen LogP contribution in [0.15, 0.2) is 24.3 Å². The van der Waals surface area contributed by atoms with Crippen LogP contribution >= 0.6 is 0 Å². The van der Waals surface area contributed by atoms with E-state index in [1.165, 1.54) is 18.4 Å². The van der Waals surface area contributed by atoms with Gasteiger partial charge in [0.25, 0.3) is 0 Å². The summed E-state index contributed by atoms with van der Waals surface area (Å²) in [4.78, 5) is 11.8. The standard InChI is InChI=1S/C18H28N2O2/c1-17(2,3)22-16(21)20-12-18(4,11-19)15-9-7-14(8-10-15)13-5-6-13/h7-10,13H,5-6,11-12,19H2,1-4H3,(H,20,21). The summed E-state index contributed by atoms with van der Waals surface area (Å²) in [6.07, 6.45) is 2.20. The van der Waals surface area contributed by atoms with Gasteiger partial charge in [-0.2, -0.15) is 0 Å². The number of amides is 1. The SMILES string of the molecule is CC(C)(C)OC(=O)NCC(C)(CN)c1ccc(C2CC2)cc1. The Morgan fingerprint density at radius 1 is 1.23 bits per heavy atom. The number of rotatable bonds is 5. The average molecular weight is 304 g/mol. The number of nitrogens with one attached hydrogen (secondary N) is 1. The third kappa shape index (κ3) is 4.47. The Bertz CT molecular complexity index is 515. The second-order valence-electron chi connectivity index (χ2n) is 7.52. The van der Waals surface area contributed by atoms with E-state index in [1.807, 2.05) is 20.8 Å². The van der Waals surface area contributed by atoms with Gasteiger partial charge in [-0.1, -0.05) is 31.2 Å². The normalized spacial score (nSPS) is 17.7. The zero-order valence-electron chi connectivity index (χ0n) is 14.1. The van der Waals surface area contributed by atoms with Crippen molar-refractivity contribution in [3.8, 4) is 0 Å². The van der Waals surface area contributed by atoms with Gasteiger partial charge in [-0.05, 0) is 50.7 Å². The van der Waals surface area contributed by atoms with E-state index in [-0.39, 0.29) is 5.41 Å². The van der Waals surface area contributed by atoms with Crippen molar-refractivity contribution in [1.82, 2.24) is 5.32 Å². The predicted molar refractivity (Wildman–Crippen MR) is 89.1 cm³/mol. The molecule has 1 aliphatic rings. The lowest BCUT2D eigenvalue weighted by Crippen LogP contribution is -2.45. The van der Waals surface area contributed by atoms with E-state index in [2.05, 4.69) is 36.5 Å². The minimum absolute atomic E-state index is 0.293. The van der Waals surface area contributed by atoms with Gasteiger partial charge in [0.2, 0.25) is 0 Å². The smallest absolute Gasteiger partial charge is 0.407 e. The molecular weight excluding hydrogens is 276 g/mol. The molecule has 0 aliphatic heterocycles. The maximum absolute atomic E-state index is 11.8. The molecule has 0 saturated heterocycles. The number of hydrogen-bond donors (Lipinski definition) is 2. The third-order valence-electron chi connectivity index (χ3n) is 4.13. The van der Waals surface area contributed by atoms with Crippen molar-refractivity contribution in [2.24, 2.45) is 5.73 Å². The molecule has 1 saturated carbocycles. The van der Waals surface area contributed by atoms with Crippen molar-refractivity contribution in [3.63, 3.8) is 0 Å². The van der Waals surface area contributed by atoms with Gasteiger partial charge in [-0.25, -0.2) is 4.79 Å². The second-order valence-corrected chi connectivity index (χ2v) is 7.52. The molecule has 3 N–H and O–H groups in total. The maximum Gasteiger partial charge on any atom is 0.407 e. The molecule has 1 unspecified atom stereocenters. The van der Waals surface area contributed by atoms with E-state index < -0.39 is 11.7 Å². The van der Waals surface area contributed by atoms with Crippen molar-refractivity contribution in [1.29, 1.82) is 0 Å². The van der Waals surface area contributed by atoms with Gasteiger partial charge in [0.15, 0.2) is 0 Å². The van der Waals surface area contributed by atoms with Crippen molar-refractivity contribution in [2.75, 3.05) is 13.1 Å². The fraction of sp³-hybridized carbons (Fsp3) is 0.611. The van der Waals surface area contributed by atoms with Crippen LogP contribution in [0.2, 0.25) is 0 Å². The minimum Gasteiger partial charge on any atom is -0.444 e. The summed E-state index contributed by atoms with van der Waals surface area (Å²) < 4.78 is 5.28.